The molecule has 1 aromatic rings. The lowest BCUT2D eigenvalue weighted by atomic mass is 9.90. The van der Waals surface area contributed by atoms with Gasteiger partial charge in [-0.1, -0.05) is 37.3 Å². The molecule has 18 heavy (non-hydrogen) atoms. The van der Waals surface area contributed by atoms with Gasteiger partial charge in [0.15, 0.2) is 0 Å². The first-order valence-corrected chi connectivity index (χ1v) is 7.23. The maximum absolute atomic E-state index is 5.82. The second-order valence-corrected chi connectivity index (χ2v) is 5.72. The van der Waals surface area contributed by atoms with E-state index in [2.05, 4.69) is 49.1 Å². The number of likely N-dealkylation sites (tertiary alicyclic amines) is 1. The molecule has 3 atom stereocenters. The van der Waals surface area contributed by atoms with Gasteiger partial charge in [0.2, 0.25) is 0 Å². The third-order valence-corrected chi connectivity index (χ3v) is 4.21. The van der Waals surface area contributed by atoms with Crippen LogP contribution in [0.4, 0.5) is 0 Å². The van der Waals surface area contributed by atoms with Crippen LogP contribution in [0.15, 0.2) is 30.3 Å². The smallest absolute Gasteiger partial charge is 0.0362 e. The van der Waals surface area contributed by atoms with Gasteiger partial charge in [-0.2, -0.15) is 0 Å². The van der Waals surface area contributed by atoms with Crippen molar-refractivity contribution in [3.63, 3.8) is 0 Å². The molecule has 2 heteroatoms. The number of benzene rings is 1. The van der Waals surface area contributed by atoms with Gasteiger partial charge in [0, 0.05) is 12.1 Å². The van der Waals surface area contributed by atoms with Crippen LogP contribution in [0.3, 0.4) is 0 Å². The highest BCUT2D eigenvalue weighted by Gasteiger charge is 2.29. The topological polar surface area (TPSA) is 29.3 Å². The fraction of sp³-hybridized carbons (Fsp3) is 0.625. The molecule has 0 aliphatic carbocycles. The van der Waals surface area contributed by atoms with Crippen LogP contribution in [0.1, 0.15) is 44.7 Å². The molecule has 3 unspecified atom stereocenters. The molecule has 0 amide bonds. The Morgan fingerprint density at radius 1 is 1.28 bits per heavy atom. The van der Waals surface area contributed by atoms with E-state index < -0.39 is 0 Å². The summed E-state index contributed by atoms with van der Waals surface area (Å²) in [7, 11) is 0. The highest BCUT2D eigenvalue weighted by molar-refractivity contribution is 5.19. The third kappa shape index (κ3) is 3.12. The normalized spacial score (nSPS) is 27.1. The predicted octanol–water partition coefficient (Wildman–Crippen LogP) is 3.20. The average Bonchev–Trinajstić information content (AvgIpc) is 2.38. The summed E-state index contributed by atoms with van der Waals surface area (Å²) in [5.41, 5.74) is 7.24. The van der Waals surface area contributed by atoms with E-state index in [-0.39, 0.29) is 0 Å². The molecule has 2 rings (SSSR count). The van der Waals surface area contributed by atoms with E-state index in [1.807, 2.05) is 0 Å². The molecular formula is C16H26N2. The average molecular weight is 246 g/mol. The van der Waals surface area contributed by atoms with Crippen LogP contribution in [0.2, 0.25) is 0 Å². The van der Waals surface area contributed by atoms with Crippen LogP contribution in [-0.2, 0) is 0 Å². The fourth-order valence-corrected chi connectivity index (χ4v) is 3.25. The Hall–Kier alpha value is -0.860. The Morgan fingerprint density at radius 2 is 2.00 bits per heavy atom. The van der Waals surface area contributed by atoms with Crippen molar-refractivity contribution in [2.24, 2.45) is 11.7 Å². The minimum Gasteiger partial charge on any atom is -0.330 e. The van der Waals surface area contributed by atoms with E-state index in [0.29, 0.717) is 12.1 Å². The van der Waals surface area contributed by atoms with Crippen molar-refractivity contribution >= 4 is 0 Å². The Labute approximate surface area is 111 Å². The van der Waals surface area contributed by atoms with Crippen LogP contribution in [0, 0.1) is 5.92 Å². The van der Waals surface area contributed by atoms with E-state index in [1.165, 1.54) is 24.9 Å². The number of hydrogen-bond donors (Lipinski definition) is 1. The SMILES string of the molecule is CC1CCN(C(CCN)c2ccccc2)C(C)C1. The van der Waals surface area contributed by atoms with Crippen molar-refractivity contribution in [3.8, 4) is 0 Å². The monoisotopic (exact) mass is 246 g/mol. The second kappa shape index (κ2) is 6.35. The van der Waals surface area contributed by atoms with Crippen molar-refractivity contribution in [3.05, 3.63) is 35.9 Å². The van der Waals surface area contributed by atoms with Gasteiger partial charge in [0.1, 0.15) is 0 Å². The Kier molecular flexibility index (Phi) is 4.79. The fourth-order valence-electron chi connectivity index (χ4n) is 3.25. The zero-order valence-electron chi connectivity index (χ0n) is 11.7. The zero-order chi connectivity index (χ0) is 13.0. The molecule has 1 heterocycles. The summed E-state index contributed by atoms with van der Waals surface area (Å²) >= 11 is 0. The van der Waals surface area contributed by atoms with Crippen molar-refractivity contribution in [2.45, 2.75) is 45.2 Å². The molecule has 1 fully saturated rings. The van der Waals surface area contributed by atoms with Gasteiger partial charge >= 0.3 is 0 Å². The van der Waals surface area contributed by atoms with Gasteiger partial charge in [-0.3, -0.25) is 4.90 Å². The number of piperidine rings is 1. The first-order valence-electron chi connectivity index (χ1n) is 7.23. The summed E-state index contributed by atoms with van der Waals surface area (Å²) in [4.78, 5) is 2.65. The molecular weight excluding hydrogens is 220 g/mol. The highest BCUT2D eigenvalue weighted by atomic mass is 15.2. The van der Waals surface area contributed by atoms with Crippen LogP contribution in [0.25, 0.3) is 0 Å². The predicted molar refractivity (Wildman–Crippen MR) is 77.4 cm³/mol. The maximum Gasteiger partial charge on any atom is 0.0362 e. The molecule has 0 aromatic heterocycles. The van der Waals surface area contributed by atoms with E-state index in [4.69, 9.17) is 5.73 Å². The van der Waals surface area contributed by atoms with E-state index in [9.17, 15) is 0 Å². The van der Waals surface area contributed by atoms with E-state index in [1.54, 1.807) is 0 Å². The minimum atomic E-state index is 0.499. The summed E-state index contributed by atoms with van der Waals surface area (Å²) in [5, 5.41) is 0. The standard InChI is InChI=1S/C16H26N2/c1-13-9-11-18(14(2)12-13)16(8-10-17)15-6-4-3-5-7-15/h3-7,13-14,16H,8-12,17H2,1-2H3. The van der Waals surface area contributed by atoms with Gasteiger partial charge in [0.05, 0.1) is 0 Å². The lowest BCUT2D eigenvalue weighted by molar-refractivity contribution is 0.0778. The van der Waals surface area contributed by atoms with Crippen LogP contribution >= 0.6 is 0 Å². The minimum absolute atomic E-state index is 0.499. The lowest BCUT2D eigenvalue weighted by Gasteiger charge is -2.42. The quantitative estimate of drug-likeness (QED) is 0.884. The lowest BCUT2D eigenvalue weighted by Crippen LogP contribution is -2.43. The molecule has 1 aromatic carbocycles. The zero-order valence-corrected chi connectivity index (χ0v) is 11.7. The molecule has 1 aliphatic rings. The number of nitrogens with zero attached hydrogens (tertiary/aromatic N) is 1. The Bertz CT molecular complexity index is 349. The molecule has 1 aliphatic heterocycles. The molecule has 2 nitrogen and oxygen atoms in total. The summed E-state index contributed by atoms with van der Waals surface area (Å²) in [6, 6.07) is 12.0. The van der Waals surface area contributed by atoms with Gasteiger partial charge in [-0.05, 0) is 50.8 Å². The number of nitrogens with two attached hydrogens (primary N) is 1. The van der Waals surface area contributed by atoms with Gasteiger partial charge in [0.25, 0.3) is 0 Å². The van der Waals surface area contributed by atoms with Crippen molar-refractivity contribution in [1.82, 2.24) is 4.90 Å². The van der Waals surface area contributed by atoms with Crippen molar-refractivity contribution in [2.75, 3.05) is 13.1 Å². The van der Waals surface area contributed by atoms with Crippen LogP contribution in [0.5, 0.6) is 0 Å². The third-order valence-electron chi connectivity index (χ3n) is 4.21. The van der Waals surface area contributed by atoms with E-state index in [0.717, 1.165) is 18.9 Å². The number of rotatable bonds is 4. The molecule has 0 spiro atoms. The summed E-state index contributed by atoms with van der Waals surface area (Å²) < 4.78 is 0. The first kappa shape index (κ1) is 13.6. The number of hydrogen-bond acceptors (Lipinski definition) is 2. The largest absolute Gasteiger partial charge is 0.330 e. The molecule has 1 saturated heterocycles. The summed E-state index contributed by atoms with van der Waals surface area (Å²) in [6.07, 6.45) is 3.69. The molecule has 0 saturated carbocycles. The first-order chi connectivity index (χ1) is 8.72. The Morgan fingerprint density at radius 3 is 2.61 bits per heavy atom. The maximum atomic E-state index is 5.82. The Balaban J connectivity index is 2.15. The van der Waals surface area contributed by atoms with E-state index >= 15 is 0 Å². The molecule has 2 N–H and O–H groups in total. The van der Waals surface area contributed by atoms with Gasteiger partial charge in [-0.25, -0.2) is 0 Å². The van der Waals surface area contributed by atoms with Crippen molar-refractivity contribution < 1.29 is 0 Å². The summed E-state index contributed by atoms with van der Waals surface area (Å²) in [6.45, 7) is 6.71. The van der Waals surface area contributed by atoms with Crippen LogP contribution < -0.4 is 5.73 Å². The molecule has 100 valence electrons. The summed E-state index contributed by atoms with van der Waals surface area (Å²) in [5.74, 6) is 0.866. The van der Waals surface area contributed by atoms with Crippen molar-refractivity contribution in [1.29, 1.82) is 0 Å². The highest BCUT2D eigenvalue weighted by Crippen LogP contribution is 2.32. The van der Waals surface area contributed by atoms with Gasteiger partial charge in [-0.15, -0.1) is 0 Å². The molecule has 0 bridgehead atoms. The molecule has 0 radical (unpaired) electrons. The second-order valence-electron chi connectivity index (χ2n) is 5.72. The van der Waals surface area contributed by atoms with Crippen LogP contribution in [-0.4, -0.2) is 24.0 Å². The van der Waals surface area contributed by atoms with Gasteiger partial charge < -0.3 is 5.73 Å².